The Labute approximate surface area is 148 Å². The summed E-state index contributed by atoms with van der Waals surface area (Å²) in [5, 5.41) is 2.59. The molecule has 0 radical (unpaired) electrons. The van der Waals surface area contributed by atoms with E-state index in [9.17, 15) is 14.0 Å². The summed E-state index contributed by atoms with van der Waals surface area (Å²) in [5.74, 6) is -0.500. The number of nitrogens with one attached hydrogen (secondary N) is 1. The van der Waals surface area contributed by atoms with E-state index in [1.165, 1.54) is 19.2 Å². The second kappa shape index (κ2) is 7.73. The molecule has 0 atom stereocenters. The van der Waals surface area contributed by atoms with Gasteiger partial charge in [0.15, 0.2) is 29.7 Å². The smallest absolute Gasteiger partial charge is 0.310 e. The van der Waals surface area contributed by atoms with Crippen LogP contribution in [-0.2, 0) is 20.7 Å². The quantitative estimate of drug-likeness (QED) is 0.795. The van der Waals surface area contributed by atoms with E-state index in [0.717, 1.165) is 0 Å². The van der Waals surface area contributed by atoms with Crippen LogP contribution in [0.25, 0.3) is 0 Å². The topological polar surface area (TPSA) is 83.1 Å². The normalized spacial score (nSPS) is 11.8. The van der Waals surface area contributed by atoms with Crippen molar-refractivity contribution in [3.63, 3.8) is 0 Å². The number of carbonyl (C=O) groups is 2. The number of amides is 1. The molecular weight excluding hydrogens is 345 g/mol. The standard InChI is InChI=1S/C18H16FNO6/c1-23-14-4-2-11(6-13(14)19)7-18(22)24-9-17(21)20-12-3-5-15-16(8-12)26-10-25-15/h2-6,8H,7,9-10H2,1H3,(H,20,21). The van der Waals surface area contributed by atoms with Crippen LogP contribution in [0.4, 0.5) is 10.1 Å². The van der Waals surface area contributed by atoms with Crippen LogP contribution < -0.4 is 19.5 Å². The highest BCUT2D eigenvalue weighted by Crippen LogP contribution is 2.34. The van der Waals surface area contributed by atoms with Crippen LogP contribution in [0.1, 0.15) is 5.56 Å². The van der Waals surface area contributed by atoms with E-state index in [2.05, 4.69) is 5.32 Å². The number of fused-ring (bicyclic) bond motifs is 1. The molecule has 7 nitrogen and oxygen atoms in total. The van der Waals surface area contributed by atoms with E-state index < -0.39 is 24.3 Å². The van der Waals surface area contributed by atoms with Crippen LogP contribution in [0.2, 0.25) is 0 Å². The van der Waals surface area contributed by atoms with Crippen LogP contribution in [0.5, 0.6) is 17.2 Å². The van der Waals surface area contributed by atoms with Gasteiger partial charge in [0.1, 0.15) is 0 Å². The number of esters is 1. The maximum atomic E-state index is 13.6. The van der Waals surface area contributed by atoms with Gasteiger partial charge in [-0.15, -0.1) is 0 Å². The van der Waals surface area contributed by atoms with E-state index in [4.69, 9.17) is 18.9 Å². The van der Waals surface area contributed by atoms with Crippen molar-refractivity contribution >= 4 is 17.6 Å². The van der Waals surface area contributed by atoms with E-state index in [1.807, 2.05) is 0 Å². The minimum absolute atomic E-state index is 0.0882. The molecule has 0 aromatic heterocycles. The highest BCUT2D eigenvalue weighted by atomic mass is 19.1. The average Bonchev–Trinajstić information content (AvgIpc) is 3.08. The fourth-order valence-corrected chi connectivity index (χ4v) is 2.35. The lowest BCUT2D eigenvalue weighted by molar-refractivity contribution is -0.146. The third-order valence-electron chi connectivity index (χ3n) is 3.59. The molecule has 1 N–H and O–H groups in total. The van der Waals surface area contributed by atoms with Crippen LogP contribution in [0.3, 0.4) is 0 Å². The Bertz CT molecular complexity index is 838. The highest BCUT2D eigenvalue weighted by molar-refractivity contribution is 5.93. The predicted octanol–water partition coefficient (Wildman–Crippen LogP) is 2.29. The Morgan fingerprint density at radius 1 is 1.15 bits per heavy atom. The van der Waals surface area contributed by atoms with Crippen molar-refractivity contribution in [1.82, 2.24) is 0 Å². The van der Waals surface area contributed by atoms with E-state index >= 15 is 0 Å². The first-order valence-corrected chi connectivity index (χ1v) is 7.72. The Balaban J connectivity index is 1.48. The molecule has 1 aliphatic heterocycles. The number of halogens is 1. The summed E-state index contributed by atoms with van der Waals surface area (Å²) in [5.41, 5.74) is 0.914. The Kier molecular flexibility index (Phi) is 5.21. The second-order valence-electron chi connectivity index (χ2n) is 5.42. The Morgan fingerprint density at radius 2 is 1.96 bits per heavy atom. The van der Waals surface area contributed by atoms with Gasteiger partial charge in [0.05, 0.1) is 13.5 Å². The van der Waals surface area contributed by atoms with Crippen LogP contribution in [-0.4, -0.2) is 32.4 Å². The summed E-state index contributed by atoms with van der Waals surface area (Å²) >= 11 is 0. The third kappa shape index (κ3) is 4.21. The van der Waals surface area contributed by atoms with Crippen LogP contribution >= 0.6 is 0 Å². The molecule has 26 heavy (non-hydrogen) atoms. The molecule has 1 heterocycles. The van der Waals surface area contributed by atoms with Gasteiger partial charge >= 0.3 is 5.97 Å². The maximum absolute atomic E-state index is 13.6. The summed E-state index contributed by atoms with van der Waals surface area (Å²) in [6, 6.07) is 9.09. The van der Waals surface area contributed by atoms with E-state index in [0.29, 0.717) is 22.7 Å². The first-order valence-electron chi connectivity index (χ1n) is 7.72. The number of hydrogen-bond acceptors (Lipinski definition) is 6. The van der Waals surface area contributed by atoms with Gasteiger partial charge in [0.2, 0.25) is 6.79 Å². The predicted molar refractivity (Wildman–Crippen MR) is 88.8 cm³/mol. The number of methoxy groups -OCH3 is 1. The van der Waals surface area contributed by atoms with Gasteiger partial charge in [-0.25, -0.2) is 4.39 Å². The van der Waals surface area contributed by atoms with Gasteiger partial charge in [-0.2, -0.15) is 0 Å². The molecule has 0 fully saturated rings. The van der Waals surface area contributed by atoms with Gasteiger partial charge in [0, 0.05) is 11.8 Å². The Hall–Kier alpha value is -3.29. The van der Waals surface area contributed by atoms with Crippen LogP contribution in [0, 0.1) is 5.82 Å². The minimum atomic E-state index is -0.643. The highest BCUT2D eigenvalue weighted by Gasteiger charge is 2.15. The number of anilines is 1. The second-order valence-corrected chi connectivity index (χ2v) is 5.42. The summed E-state index contributed by atoms with van der Waals surface area (Å²) < 4.78 is 33.7. The van der Waals surface area contributed by atoms with E-state index in [1.54, 1.807) is 24.3 Å². The van der Waals surface area contributed by atoms with Gasteiger partial charge in [-0.1, -0.05) is 6.07 Å². The number of carbonyl (C=O) groups excluding carboxylic acids is 2. The average molecular weight is 361 g/mol. The van der Waals surface area contributed by atoms with Crippen LogP contribution in [0.15, 0.2) is 36.4 Å². The molecule has 2 aromatic carbocycles. The first-order chi connectivity index (χ1) is 12.5. The fraction of sp³-hybridized carbons (Fsp3) is 0.222. The molecule has 0 spiro atoms. The first kappa shape index (κ1) is 17.5. The van der Waals surface area contributed by atoms with Crippen molar-refractivity contribution < 1.29 is 32.9 Å². The zero-order valence-corrected chi connectivity index (χ0v) is 13.9. The third-order valence-corrected chi connectivity index (χ3v) is 3.59. The van der Waals surface area contributed by atoms with Gasteiger partial charge < -0.3 is 24.3 Å². The molecule has 3 rings (SSSR count). The zero-order chi connectivity index (χ0) is 18.5. The molecule has 1 aliphatic rings. The van der Waals surface area contributed by atoms with Crippen molar-refractivity contribution in [2.45, 2.75) is 6.42 Å². The zero-order valence-electron chi connectivity index (χ0n) is 13.9. The molecule has 0 unspecified atom stereocenters. The lowest BCUT2D eigenvalue weighted by Gasteiger charge is -2.08. The number of hydrogen-bond donors (Lipinski definition) is 1. The lowest BCUT2D eigenvalue weighted by atomic mass is 10.1. The van der Waals surface area contributed by atoms with Crippen molar-refractivity contribution in [2.75, 3.05) is 25.8 Å². The Morgan fingerprint density at radius 3 is 2.73 bits per heavy atom. The van der Waals surface area contributed by atoms with Crippen molar-refractivity contribution in [1.29, 1.82) is 0 Å². The molecule has 136 valence electrons. The van der Waals surface area contributed by atoms with Crippen molar-refractivity contribution in [3.05, 3.63) is 47.8 Å². The van der Waals surface area contributed by atoms with Gasteiger partial charge in [0.25, 0.3) is 5.91 Å². The number of rotatable bonds is 6. The van der Waals surface area contributed by atoms with Crippen molar-refractivity contribution in [3.8, 4) is 17.2 Å². The fourth-order valence-electron chi connectivity index (χ4n) is 2.35. The maximum Gasteiger partial charge on any atom is 0.310 e. The van der Waals surface area contributed by atoms with Gasteiger partial charge in [-0.3, -0.25) is 9.59 Å². The largest absolute Gasteiger partial charge is 0.494 e. The summed E-state index contributed by atoms with van der Waals surface area (Å²) in [4.78, 5) is 23.7. The monoisotopic (exact) mass is 361 g/mol. The molecular formula is C18H16FNO6. The SMILES string of the molecule is COc1ccc(CC(=O)OCC(=O)Nc2ccc3c(c2)OCO3)cc1F. The molecule has 0 saturated carbocycles. The molecule has 2 aromatic rings. The number of ether oxygens (including phenoxy) is 4. The van der Waals surface area contributed by atoms with E-state index in [-0.39, 0.29) is 19.0 Å². The summed E-state index contributed by atoms with van der Waals surface area (Å²) in [6.45, 7) is -0.317. The van der Waals surface area contributed by atoms with Crippen molar-refractivity contribution in [2.24, 2.45) is 0 Å². The summed E-state index contributed by atoms with van der Waals surface area (Å²) in [7, 11) is 1.35. The lowest BCUT2D eigenvalue weighted by Crippen LogP contribution is -2.21. The minimum Gasteiger partial charge on any atom is -0.494 e. The molecule has 0 bridgehead atoms. The summed E-state index contributed by atoms with van der Waals surface area (Å²) in [6.07, 6.45) is -0.155. The molecule has 1 amide bonds. The number of benzene rings is 2. The molecule has 0 aliphatic carbocycles. The molecule has 8 heteroatoms. The molecule has 0 saturated heterocycles. The van der Waals surface area contributed by atoms with Gasteiger partial charge in [-0.05, 0) is 29.8 Å².